The molecule has 0 aliphatic rings. The van der Waals surface area contributed by atoms with Crippen LogP contribution >= 0.6 is 0 Å². The molecule has 8 heteroatoms. The van der Waals surface area contributed by atoms with Crippen molar-refractivity contribution in [3.8, 4) is 0 Å². The van der Waals surface area contributed by atoms with Crippen molar-refractivity contribution in [3.63, 3.8) is 0 Å². The average molecular weight is 391 g/mol. The summed E-state index contributed by atoms with van der Waals surface area (Å²) in [5.41, 5.74) is 3.94. The minimum absolute atomic E-state index is 0.0777. The van der Waals surface area contributed by atoms with Gasteiger partial charge in [0.1, 0.15) is 12.4 Å². The van der Waals surface area contributed by atoms with Crippen LogP contribution in [0.4, 0.5) is 0 Å². The molecule has 0 aliphatic carbocycles. The van der Waals surface area contributed by atoms with Crippen LogP contribution in [0.3, 0.4) is 0 Å². The van der Waals surface area contributed by atoms with Crippen molar-refractivity contribution in [1.82, 2.24) is 5.48 Å². The van der Waals surface area contributed by atoms with Gasteiger partial charge in [-0.1, -0.05) is 19.1 Å². The number of rotatable bonds is 10. The molecule has 0 aliphatic heterocycles. The zero-order valence-corrected chi connectivity index (χ0v) is 16.3. The molecule has 1 aromatic heterocycles. The van der Waals surface area contributed by atoms with Gasteiger partial charge in [-0.25, -0.2) is 15.1 Å². The van der Waals surface area contributed by atoms with Crippen LogP contribution in [-0.4, -0.2) is 18.5 Å². The van der Waals surface area contributed by atoms with Crippen LogP contribution in [0.15, 0.2) is 37.9 Å². The Morgan fingerprint density at radius 1 is 1.18 bits per heavy atom. The summed E-state index contributed by atoms with van der Waals surface area (Å²) >= 11 is 0. The van der Waals surface area contributed by atoms with E-state index in [1.807, 2.05) is 12.1 Å². The van der Waals surface area contributed by atoms with Crippen molar-refractivity contribution >= 4 is 11.9 Å². The van der Waals surface area contributed by atoms with Crippen molar-refractivity contribution < 1.29 is 28.0 Å². The van der Waals surface area contributed by atoms with Crippen LogP contribution in [0.5, 0.6) is 0 Å². The zero-order valence-electron chi connectivity index (χ0n) is 16.3. The van der Waals surface area contributed by atoms with E-state index in [0.717, 1.165) is 12.0 Å². The lowest BCUT2D eigenvalue weighted by Gasteiger charge is -2.12. The Labute approximate surface area is 162 Å². The minimum atomic E-state index is -0.800. The average Bonchev–Trinajstić information content (AvgIpc) is 2.98. The molecule has 0 saturated heterocycles. The summed E-state index contributed by atoms with van der Waals surface area (Å²) in [6.07, 6.45) is 1.77. The first kappa shape index (κ1) is 21.4. The smallest absolute Gasteiger partial charge is 0.462 e. The Hall–Kier alpha value is -2.87. The molecule has 2 rings (SSSR count). The summed E-state index contributed by atoms with van der Waals surface area (Å²) in [5.74, 6) is -0.552. The number of carbonyl (C=O) groups is 2. The molecule has 1 amide bonds. The van der Waals surface area contributed by atoms with Gasteiger partial charge in [-0.3, -0.25) is 9.63 Å². The SMILES string of the molecule is CCOC(=O)c1ccc(CC(C)CCC(=O)NOCc2oc(=O)oc2C)cc1. The van der Waals surface area contributed by atoms with E-state index in [0.29, 0.717) is 30.8 Å². The Kier molecular flexibility index (Phi) is 8.01. The number of hydrogen-bond acceptors (Lipinski definition) is 7. The number of hydrogen-bond donors (Lipinski definition) is 1. The molecule has 0 radical (unpaired) electrons. The first-order chi connectivity index (χ1) is 13.4. The first-order valence-corrected chi connectivity index (χ1v) is 9.15. The van der Waals surface area contributed by atoms with Gasteiger partial charge < -0.3 is 13.6 Å². The molecule has 28 heavy (non-hydrogen) atoms. The number of carbonyl (C=O) groups excluding carboxylic acids is 2. The highest BCUT2D eigenvalue weighted by molar-refractivity contribution is 5.89. The lowest BCUT2D eigenvalue weighted by molar-refractivity contribution is -0.135. The normalized spacial score (nSPS) is 11.8. The van der Waals surface area contributed by atoms with Gasteiger partial charge in [-0.05, 0) is 50.3 Å². The van der Waals surface area contributed by atoms with Crippen LogP contribution in [0.2, 0.25) is 0 Å². The molecular weight excluding hydrogens is 366 g/mol. The van der Waals surface area contributed by atoms with Crippen LogP contribution in [0.25, 0.3) is 0 Å². The molecule has 0 spiro atoms. The number of aryl methyl sites for hydroxylation is 1. The Morgan fingerprint density at radius 2 is 1.89 bits per heavy atom. The summed E-state index contributed by atoms with van der Waals surface area (Å²) in [4.78, 5) is 39.5. The van der Waals surface area contributed by atoms with E-state index < -0.39 is 5.82 Å². The van der Waals surface area contributed by atoms with E-state index in [2.05, 4.69) is 12.4 Å². The summed E-state index contributed by atoms with van der Waals surface area (Å²) in [5, 5.41) is 0. The molecule has 1 N–H and O–H groups in total. The topological polar surface area (TPSA) is 108 Å². The summed E-state index contributed by atoms with van der Waals surface area (Å²) in [7, 11) is 0. The third-order valence-electron chi connectivity index (χ3n) is 4.14. The van der Waals surface area contributed by atoms with E-state index in [1.165, 1.54) is 0 Å². The molecule has 1 unspecified atom stereocenters. The Morgan fingerprint density at radius 3 is 2.50 bits per heavy atom. The fraction of sp³-hybridized carbons (Fsp3) is 0.450. The third kappa shape index (κ3) is 6.70. The number of esters is 1. The quantitative estimate of drug-likeness (QED) is 0.490. The highest BCUT2D eigenvalue weighted by Crippen LogP contribution is 2.15. The maximum Gasteiger partial charge on any atom is 0.519 e. The lowest BCUT2D eigenvalue weighted by Crippen LogP contribution is -2.24. The summed E-state index contributed by atoms with van der Waals surface area (Å²) < 4.78 is 14.4. The van der Waals surface area contributed by atoms with Crippen LogP contribution in [0.1, 0.15) is 54.1 Å². The third-order valence-corrected chi connectivity index (χ3v) is 4.14. The highest BCUT2D eigenvalue weighted by Gasteiger charge is 2.12. The highest BCUT2D eigenvalue weighted by atomic mass is 16.7. The van der Waals surface area contributed by atoms with E-state index in [9.17, 15) is 14.4 Å². The molecule has 0 bridgehead atoms. The number of ether oxygens (including phenoxy) is 1. The molecule has 1 atom stereocenters. The maximum absolute atomic E-state index is 11.9. The number of benzene rings is 1. The lowest BCUT2D eigenvalue weighted by atomic mass is 9.96. The largest absolute Gasteiger partial charge is 0.519 e. The second kappa shape index (κ2) is 10.5. The molecule has 8 nitrogen and oxygen atoms in total. The van der Waals surface area contributed by atoms with Crippen LogP contribution < -0.4 is 11.3 Å². The van der Waals surface area contributed by atoms with Gasteiger partial charge in [-0.15, -0.1) is 0 Å². The van der Waals surface area contributed by atoms with Crippen molar-refractivity contribution in [2.75, 3.05) is 6.61 Å². The Balaban J connectivity index is 1.69. The van der Waals surface area contributed by atoms with Crippen molar-refractivity contribution in [2.45, 2.75) is 46.6 Å². The van der Waals surface area contributed by atoms with Crippen LogP contribution in [0, 0.1) is 12.8 Å². The maximum atomic E-state index is 11.9. The molecule has 0 saturated carbocycles. The monoisotopic (exact) mass is 391 g/mol. The van der Waals surface area contributed by atoms with E-state index in [-0.39, 0.29) is 30.2 Å². The predicted octanol–water partition coefficient (Wildman–Crippen LogP) is 2.92. The standard InChI is InChI=1S/C20H25NO7/c1-4-25-19(23)16-8-6-15(7-9-16)11-13(2)5-10-18(22)21-26-12-17-14(3)27-20(24)28-17/h6-9,13H,4-5,10-12H2,1-3H3,(H,21,22). The Bertz CT molecular complexity index is 835. The molecule has 1 aromatic carbocycles. The van der Waals surface area contributed by atoms with E-state index in [4.69, 9.17) is 18.4 Å². The van der Waals surface area contributed by atoms with Gasteiger partial charge in [0.2, 0.25) is 5.91 Å². The number of amides is 1. The summed E-state index contributed by atoms with van der Waals surface area (Å²) in [6, 6.07) is 7.29. The predicted molar refractivity (Wildman–Crippen MR) is 99.4 cm³/mol. The van der Waals surface area contributed by atoms with Gasteiger partial charge in [0.15, 0.2) is 5.76 Å². The van der Waals surface area contributed by atoms with Crippen LogP contribution in [-0.2, 0) is 27.4 Å². The van der Waals surface area contributed by atoms with Gasteiger partial charge in [0, 0.05) is 6.42 Å². The molecule has 1 heterocycles. The van der Waals surface area contributed by atoms with Gasteiger partial charge in [0.25, 0.3) is 0 Å². The fourth-order valence-electron chi connectivity index (χ4n) is 2.61. The zero-order chi connectivity index (χ0) is 20.5. The van der Waals surface area contributed by atoms with E-state index >= 15 is 0 Å². The van der Waals surface area contributed by atoms with Crippen molar-refractivity contribution in [2.24, 2.45) is 5.92 Å². The van der Waals surface area contributed by atoms with Crippen molar-refractivity contribution in [3.05, 3.63) is 57.5 Å². The number of hydroxylamine groups is 1. The fourth-order valence-corrected chi connectivity index (χ4v) is 2.61. The molecule has 0 fully saturated rings. The first-order valence-electron chi connectivity index (χ1n) is 9.15. The van der Waals surface area contributed by atoms with Gasteiger partial charge in [0.05, 0.1) is 12.2 Å². The molecule has 152 valence electrons. The van der Waals surface area contributed by atoms with Gasteiger partial charge in [-0.2, -0.15) is 0 Å². The van der Waals surface area contributed by atoms with Gasteiger partial charge >= 0.3 is 11.8 Å². The number of nitrogens with one attached hydrogen (secondary N) is 1. The molecule has 2 aromatic rings. The van der Waals surface area contributed by atoms with Crippen molar-refractivity contribution in [1.29, 1.82) is 0 Å². The second-order valence-corrected chi connectivity index (χ2v) is 6.51. The second-order valence-electron chi connectivity index (χ2n) is 6.51. The summed E-state index contributed by atoms with van der Waals surface area (Å²) in [6.45, 7) is 5.67. The molecular formula is C20H25NO7. The van der Waals surface area contributed by atoms with E-state index in [1.54, 1.807) is 26.0 Å². The minimum Gasteiger partial charge on any atom is -0.462 e.